The third-order valence-corrected chi connectivity index (χ3v) is 1.79. The first-order valence-corrected chi connectivity index (χ1v) is 3.72. The lowest BCUT2D eigenvalue weighted by Gasteiger charge is -2.06. The van der Waals surface area contributed by atoms with Gasteiger partial charge in [0.15, 0.2) is 0 Å². The van der Waals surface area contributed by atoms with Crippen molar-refractivity contribution in [1.29, 1.82) is 0 Å². The van der Waals surface area contributed by atoms with Crippen molar-refractivity contribution >= 4 is 17.1 Å². The standard InChI is InChI=1S/C7H8N4O2/c1-10-8-6-3-2-5(11(12)13)4-7(6)9-10/h2-4,8-9H,1H3. The molecule has 1 aliphatic rings. The zero-order valence-corrected chi connectivity index (χ0v) is 6.94. The van der Waals surface area contributed by atoms with Gasteiger partial charge in [0, 0.05) is 19.2 Å². The summed E-state index contributed by atoms with van der Waals surface area (Å²) in [5.74, 6) is 0. The van der Waals surface area contributed by atoms with E-state index in [1.807, 2.05) is 0 Å². The van der Waals surface area contributed by atoms with Crippen LogP contribution in [0, 0.1) is 10.1 Å². The number of anilines is 2. The van der Waals surface area contributed by atoms with E-state index in [9.17, 15) is 10.1 Å². The molecular weight excluding hydrogens is 172 g/mol. The van der Waals surface area contributed by atoms with Gasteiger partial charge in [-0.05, 0) is 6.07 Å². The molecule has 0 unspecified atom stereocenters. The van der Waals surface area contributed by atoms with Crippen LogP contribution in [0.4, 0.5) is 17.1 Å². The molecule has 2 rings (SSSR count). The second-order valence-corrected chi connectivity index (χ2v) is 2.77. The van der Waals surface area contributed by atoms with Gasteiger partial charge in [0.1, 0.15) is 0 Å². The Bertz CT molecular complexity index is 366. The number of nitro benzene ring substituents is 1. The van der Waals surface area contributed by atoms with Crippen LogP contribution in [0.1, 0.15) is 0 Å². The highest BCUT2D eigenvalue weighted by molar-refractivity contribution is 5.74. The van der Waals surface area contributed by atoms with Gasteiger partial charge < -0.3 is 0 Å². The molecule has 0 spiro atoms. The molecule has 0 aromatic heterocycles. The van der Waals surface area contributed by atoms with E-state index in [-0.39, 0.29) is 5.69 Å². The van der Waals surface area contributed by atoms with Gasteiger partial charge in [0.2, 0.25) is 0 Å². The first-order chi connectivity index (χ1) is 6.16. The molecule has 2 N–H and O–H groups in total. The topological polar surface area (TPSA) is 70.4 Å². The second-order valence-electron chi connectivity index (χ2n) is 2.77. The third-order valence-electron chi connectivity index (χ3n) is 1.79. The fourth-order valence-corrected chi connectivity index (χ4v) is 1.23. The average Bonchev–Trinajstić information content (AvgIpc) is 2.42. The van der Waals surface area contributed by atoms with Crippen molar-refractivity contribution < 1.29 is 4.92 Å². The van der Waals surface area contributed by atoms with E-state index in [0.29, 0.717) is 0 Å². The van der Waals surface area contributed by atoms with Crippen molar-refractivity contribution in [3.63, 3.8) is 0 Å². The van der Waals surface area contributed by atoms with Crippen LogP contribution in [-0.4, -0.2) is 17.1 Å². The van der Waals surface area contributed by atoms with Crippen molar-refractivity contribution in [3.05, 3.63) is 28.3 Å². The van der Waals surface area contributed by atoms with Crippen LogP contribution in [0.15, 0.2) is 18.2 Å². The number of nitrogens with one attached hydrogen (secondary N) is 2. The Kier molecular flexibility index (Phi) is 1.56. The molecule has 0 saturated heterocycles. The van der Waals surface area contributed by atoms with E-state index in [4.69, 9.17) is 0 Å². The van der Waals surface area contributed by atoms with Crippen molar-refractivity contribution in [2.24, 2.45) is 0 Å². The Morgan fingerprint density at radius 3 is 2.77 bits per heavy atom. The Morgan fingerprint density at radius 1 is 1.38 bits per heavy atom. The minimum Gasteiger partial charge on any atom is -0.300 e. The fraction of sp³-hybridized carbons (Fsp3) is 0.143. The van der Waals surface area contributed by atoms with Crippen LogP contribution in [0.25, 0.3) is 0 Å². The molecule has 0 bridgehead atoms. The summed E-state index contributed by atoms with van der Waals surface area (Å²) in [5, 5.41) is 12.1. The zero-order valence-electron chi connectivity index (χ0n) is 6.94. The van der Waals surface area contributed by atoms with E-state index in [1.165, 1.54) is 12.1 Å². The molecule has 0 atom stereocenters. The Labute approximate surface area is 74.2 Å². The molecular formula is C7H8N4O2. The van der Waals surface area contributed by atoms with Crippen molar-refractivity contribution in [3.8, 4) is 0 Å². The molecule has 1 aromatic rings. The summed E-state index contributed by atoms with van der Waals surface area (Å²) in [4.78, 5) is 10.0. The summed E-state index contributed by atoms with van der Waals surface area (Å²) in [6.45, 7) is 0. The number of nitro groups is 1. The van der Waals surface area contributed by atoms with Gasteiger partial charge in [-0.25, -0.2) is 0 Å². The van der Waals surface area contributed by atoms with Crippen LogP contribution in [0.3, 0.4) is 0 Å². The smallest absolute Gasteiger partial charge is 0.271 e. The summed E-state index contributed by atoms with van der Waals surface area (Å²) in [6.07, 6.45) is 0. The SMILES string of the molecule is CN1Nc2ccc([N+](=O)[O-])cc2N1. The highest BCUT2D eigenvalue weighted by atomic mass is 16.6. The van der Waals surface area contributed by atoms with Crippen molar-refractivity contribution in [2.45, 2.75) is 0 Å². The molecule has 0 aliphatic carbocycles. The van der Waals surface area contributed by atoms with Gasteiger partial charge in [0.05, 0.1) is 16.3 Å². The number of rotatable bonds is 1. The van der Waals surface area contributed by atoms with Gasteiger partial charge >= 0.3 is 0 Å². The quantitative estimate of drug-likeness (QED) is 0.501. The van der Waals surface area contributed by atoms with E-state index in [1.54, 1.807) is 18.2 Å². The van der Waals surface area contributed by atoms with Crippen LogP contribution in [0.2, 0.25) is 0 Å². The molecule has 6 nitrogen and oxygen atoms in total. The van der Waals surface area contributed by atoms with Crippen molar-refractivity contribution in [1.82, 2.24) is 5.12 Å². The Balaban J connectivity index is 2.40. The van der Waals surface area contributed by atoms with Gasteiger partial charge in [-0.2, -0.15) is 0 Å². The maximum atomic E-state index is 10.4. The van der Waals surface area contributed by atoms with E-state index in [2.05, 4.69) is 10.9 Å². The molecule has 68 valence electrons. The second kappa shape index (κ2) is 2.60. The highest BCUT2D eigenvalue weighted by Gasteiger charge is 2.17. The number of non-ortho nitro benzene ring substituents is 1. The predicted octanol–water partition coefficient (Wildman–Crippen LogP) is 1.19. The lowest BCUT2D eigenvalue weighted by molar-refractivity contribution is -0.384. The highest BCUT2D eigenvalue weighted by Crippen LogP contribution is 2.30. The first-order valence-electron chi connectivity index (χ1n) is 3.72. The molecule has 6 heteroatoms. The van der Waals surface area contributed by atoms with Crippen LogP contribution in [-0.2, 0) is 0 Å². The minimum atomic E-state index is -0.416. The normalized spacial score (nSPS) is 14.5. The minimum absolute atomic E-state index is 0.0864. The third kappa shape index (κ3) is 1.27. The molecule has 1 aromatic carbocycles. The molecule has 0 amide bonds. The van der Waals surface area contributed by atoms with Gasteiger partial charge in [0.25, 0.3) is 5.69 Å². The van der Waals surface area contributed by atoms with Crippen LogP contribution >= 0.6 is 0 Å². The van der Waals surface area contributed by atoms with Crippen LogP contribution in [0.5, 0.6) is 0 Å². The van der Waals surface area contributed by atoms with E-state index in [0.717, 1.165) is 11.4 Å². The number of hydrazine groups is 2. The molecule has 0 radical (unpaired) electrons. The molecule has 13 heavy (non-hydrogen) atoms. The Morgan fingerprint density at radius 2 is 2.08 bits per heavy atom. The van der Waals surface area contributed by atoms with Gasteiger partial charge in [-0.3, -0.25) is 21.0 Å². The first kappa shape index (κ1) is 7.81. The van der Waals surface area contributed by atoms with Crippen LogP contribution < -0.4 is 10.9 Å². The van der Waals surface area contributed by atoms with Gasteiger partial charge in [-0.15, -0.1) is 5.12 Å². The molecule has 0 fully saturated rings. The summed E-state index contributed by atoms with van der Waals surface area (Å²) < 4.78 is 0. The van der Waals surface area contributed by atoms with Crippen molar-refractivity contribution in [2.75, 3.05) is 17.9 Å². The number of hydrogen-bond donors (Lipinski definition) is 2. The predicted molar refractivity (Wildman–Crippen MR) is 48.1 cm³/mol. The molecule has 1 aliphatic heterocycles. The molecule has 1 heterocycles. The zero-order chi connectivity index (χ0) is 9.42. The lowest BCUT2D eigenvalue weighted by atomic mass is 10.2. The summed E-state index contributed by atoms with van der Waals surface area (Å²) in [7, 11) is 1.78. The fourth-order valence-electron chi connectivity index (χ4n) is 1.23. The summed E-state index contributed by atoms with van der Waals surface area (Å²) in [5.41, 5.74) is 7.52. The largest absolute Gasteiger partial charge is 0.300 e. The number of nitrogens with zero attached hydrogens (tertiary/aromatic N) is 2. The molecule has 0 saturated carbocycles. The summed E-state index contributed by atoms with van der Waals surface area (Å²) >= 11 is 0. The monoisotopic (exact) mass is 180 g/mol. The van der Waals surface area contributed by atoms with E-state index < -0.39 is 4.92 Å². The number of fused-ring (bicyclic) bond motifs is 1. The lowest BCUT2D eigenvalue weighted by Crippen LogP contribution is -2.23. The number of hydrogen-bond acceptors (Lipinski definition) is 5. The average molecular weight is 180 g/mol. The van der Waals surface area contributed by atoms with E-state index >= 15 is 0 Å². The summed E-state index contributed by atoms with van der Waals surface area (Å²) in [6, 6.07) is 4.63. The maximum absolute atomic E-state index is 10.4. The Hall–Kier alpha value is -1.82. The maximum Gasteiger partial charge on any atom is 0.271 e. The van der Waals surface area contributed by atoms with Gasteiger partial charge in [-0.1, -0.05) is 0 Å². The number of benzene rings is 1.